The molecule has 0 spiro atoms. The van der Waals surface area contributed by atoms with Gasteiger partial charge in [-0.15, -0.1) is 0 Å². The first-order valence-corrected chi connectivity index (χ1v) is 18.4. The van der Waals surface area contributed by atoms with Crippen LogP contribution in [0.2, 0.25) is 0 Å². The highest BCUT2D eigenvalue weighted by Crippen LogP contribution is 2.36. The first-order chi connectivity index (χ1) is 24.9. The molecule has 2 fully saturated rings. The number of nitrogens with zero attached hydrogens (tertiary/aromatic N) is 6. The van der Waals surface area contributed by atoms with Crippen LogP contribution in [0.25, 0.3) is 32.9 Å². The Labute approximate surface area is 301 Å². The van der Waals surface area contributed by atoms with Gasteiger partial charge in [0.15, 0.2) is 17.2 Å². The highest BCUT2D eigenvalue weighted by atomic mass is 31.0. The smallest absolute Gasteiger partial charge is 0.156 e. The lowest BCUT2D eigenvalue weighted by molar-refractivity contribution is -0.114. The van der Waals surface area contributed by atoms with E-state index < -0.39 is 0 Å². The maximum atomic E-state index is 11.8. The zero-order chi connectivity index (χ0) is 34.9. The van der Waals surface area contributed by atoms with Gasteiger partial charge in [-0.2, -0.15) is 0 Å². The molecule has 6 heterocycles. The van der Waals surface area contributed by atoms with Crippen LogP contribution in [0, 0.1) is 19.8 Å². The van der Waals surface area contributed by atoms with Gasteiger partial charge in [0, 0.05) is 72.5 Å². The zero-order valence-electron chi connectivity index (χ0n) is 29.2. The Balaban J connectivity index is 1.02. The molecule has 0 aliphatic carbocycles. The van der Waals surface area contributed by atoms with E-state index in [1.54, 1.807) is 0 Å². The van der Waals surface area contributed by atoms with Crippen LogP contribution in [0.1, 0.15) is 41.5 Å². The Morgan fingerprint density at radius 2 is 1.25 bits per heavy atom. The fourth-order valence-corrected chi connectivity index (χ4v) is 7.89. The van der Waals surface area contributed by atoms with Crippen LogP contribution in [0.4, 0.5) is 23.0 Å². The quantitative estimate of drug-likeness (QED) is 0.138. The van der Waals surface area contributed by atoms with Crippen LogP contribution in [0.5, 0.6) is 0 Å². The number of likely N-dealkylation sites (tertiary alicyclic amines) is 2. The Bertz CT molecular complexity index is 2250. The average Bonchev–Trinajstić information content (AvgIpc) is 3.83. The van der Waals surface area contributed by atoms with Gasteiger partial charge in [0.25, 0.3) is 0 Å². The number of carbonyl (C=O) groups excluding carboxylic acids is 1. The maximum Gasteiger partial charge on any atom is 0.156 e. The standard InChI is InChI=1S/C41H43N8OP/c1-26-33(7-5-9-35(26)46-39-37-30(11-14-42-39)19-28(21-44-37)23-48-16-3-4-17-48)34-8-6-10-36(27(34)2)47-40-38-31(12-15-43-40)20-29(22-45-38)24-49-18-13-32(25-49)41(50)51/h5-12,14-15,19-22,32H,3-4,13,16-18,23-25,51H2,1-2H3,(H,42,46)(H,43,47). The van der Waals surface area contributed by atoms with Gasteiger partial charge in [-0.05, 0) is 123 Å². The van der Waals surface area contributed by atoms with E-state index in [0.29, 0.717) is 0 Å². The second-order valence-electron chi connectivity index (χ2n) is 14.0. The summed E-state index contributed by atoms with van der Waals surface area (Å²) in [6.07, 6.45) is 11.1. The summed E-state index contributed by atoms with van der Waals surface area (Å²) in [5.41, 5.74) is 10.8. The monoisotopic (exact) mass is 694 g/mol. The van der Waals surface area contributed by atoms with Crippen molar-refractivity contribution < 1.29 is 4.79 Å². The number of hydrogen-bond acceptors (Lipinski definition) is 9. The topological polar surface area (TPSA) is 99.2 Å². The third-order valence-electron chi connectivity index (χ3n) is 10.5. The second-order valence-corrected chi connectivity index (χ2v) is 14.5. The summed E-state index contributed by atoms with van der Waals surface area (Å²) in [5, 5.41) is 9.33. The van der Waals surface area contributed by atoms with Gasteiger partial charge in [0.05, 0.1) is 0 Å². The number of nitrogens with one attached hydrogen (secondary N) is 2. The molecule has 51 heavy (non-hydrogen) atoms. The highest BCUT2D eigenvalue weighted by Gasteiger charge is 2.26. The summed E-state index contributed by atoms with van der Waals surface area (Å²) >= 11 is 0. The minimum atomic E-state index is 0.113. The Kier molecular flexibility index (Phi) is 9.43. The van der Waals surface area contributed by atoms with E-state index in [-0.39, 0.29) is 11.4 Å². The van der Waals surface area contributed by atoms with Gasteiger partial charge < -0.3 is 10.6 Å². The largest absolute Gasteiger partial charge is 0.338 e. The molecular weight excluding hydrogens is 651 g/mol. The molecule has 2 N–H and O–H groups in total. The Hall–Kier alpha value is -4.82. The fraction of sp³-hybridized carbons (Fsp3) is 0.293. The molecule has 8 rings (SSSR count). The minimum absolute atomic E-state index is 0.113. The number of carbonyl (C=O) groups is 1. The third-order valence-corrected chi connectivity index (χ3v) is 10.9. The second kappa shape index (κ2) is 14.4. The number of fused-ring (bicyclic) bond motifs is 2. The molecule has 6 aromatic rings. The first-order valence-electron chi connectivity index (χ1n) is 17.8. The molecule has 0 amide bonds. The van der Waals surface area contributed by atoms with E-state index in [4.69, 9.17) is 19.9 Å². The zero-order valence-corrected chi connectivity index (χ0v) is 30.3. The minimum Gasteiger partial charge on any atom is -0.338 e. The maximum absolute atomic E-state index is 11.8. The molecule has 0 saturated carbocycles. The van der Waals surface area contributed by atoms with E-state index in [2.05, 4.69) is 92.1 Å². The van der Waals surface area contributed by atoms with Crippen molar-refractivity contribution in [2.45, 2.75) is 46.2 Å². The van der Waals surface area contributed by atoms with Crippen molar-refractivity contribution in [2.75, 3.05) is 36.8 Å². The number of rotatable bonds is 10. The molecule has 2 aliphatic heterocycles. The predicted octanol–water partition coefficient (Wildman–Crippen LogP) is 8.16. The van der Waals surface area contributed by atoms with E-state index in [0.717, 1.165) is 118 Å². The van der Waals surface area contributed by atoms with Crippen molar-refractivity contribution in [1.29, 1.82) is 0 Å². The molecule has 2 aromatic carbocycles. The van der Waals surface area contributed by atoms with Crippen LogP contribution in [0.15, 0.2) is 85.5 Å². The van der Waals surface area contributed by atoms with Crippen molar-refractivity contribution in [3.63, 3.8) is 0 Å². The molecule has 10 heteroatoms. The number of anilines is 4. The fourth-order valence-electron chi connectivity index (χ4n) is 7.61. The van der Waals surface area contributed by atoms with E-state index in [9.17, 15) is 4.79 Å². The summed E-state index contributed by atoms with van der Waals surface area (Å²) in [4.78, 5) is 35.8. The van der Waals surface area contributed by atoms with E-state index >= 15 is 0 Å². The molecule has 258 valence electrons. The summed E-state index contributed by atoms with van der Waals surface area (Å²) in [6, 6.07) is 21.2. The van der Waals surface area contributed by atoms with Crippen molar-refractivity contribution in [2.24, 2.45) is 5.92 Å². The number of aromatic nitrogens is 4. The van der Waals surface area contributed by atoms with Crippen LogP contribution >= 0.6 is 9.24 Å². The normalized spacial score (nSPS) is 16.6. The Morgan fingerprint density at radius 1 is 0.725 bits per heavy atom. The summed E-state index contributed by atoms with van der Waals surface area (Å²) < 4.78 is 0. The molecule has 2 unspecified atom stereocenters. The summed E-state index contributed by atoms with van der Waals surface area (Å²) in [7, 11) is 2.34. The van der Waals surface area contributed by atoms with Crippen molar-refractivity contribution in [1.82, 2.24) is 29.7 Å². The molecule has 0 bridgehead atoms. The average molecular weight is 695 g/mol. The lowest BCUT2D eigenvalue weighted by Crippen LogP contribution is -2.21. The van der Waals surface area contributed by atoms with Gasteiger partial charge in [-0.25, -0.2) is 9.97 Å². The van der Waals surface area contributed by atoms with Gasteiger partial charge in [-0.3, -0.25) is 24.6 Å². The lowest BCUT2D eigenvalue weighted by atomic mass is 9.94. The van der Waals surface area contributed by atoms with Crippen molar-refractivity contribution in [3.05, 3.63) is 108 Å². The molecule has 2 saturated heterocycles. The summed E-state index contributed by atoms with van der Waals surface area (Å²) in [6.45, 7) is 10.1. The number of benzene rings is 2. The van der Waals surface area contributed by atoms with Crippen LogP contribution in [-0.2, 0) is 17.9 Å². The SMILES string of the molecule is Cc1c(Nc2nccc3cc(CN4CCCC4)cnc23)cccc1-c1cccc(Nc2nccc3cc(CN4CCC(C(=O)P)C4)cnc23)c1C. The molecule has 0 radical (unpaired) electrons. The van der Waals surface area contributed by atoms with E-state index in [1.165, 1.54) is 18.4 Å². The van der Waals surface area contributed by atoms with E-state index in [1.807, 2.05) is 36.9 Å². The summed E-state index contributed by atoms with van der Waals surface area (Å²) in [5.74, 6) is 1.59. The third kappa shape index (κ3) is 7.07. The molecule has 2 aliphatic rings. The first kappa shape index (κ1) is 33.3. The predicted molar refractivity (Wildman–Crippen MR) is 210 cm³/mol. The van der Waals surface area contributed by atoms with Crippen molar-refractivity contribution in [3.8, 4) is 11.1 Å². The Morgan fingerprint density at radius 3 is 1.76 bits per heavy atom. The van der Waals surface area contributed by atoms with Gasteiger partial charge >= 0.3 is 0 Å². The van der Waals surface area contributed by atoms with Gasteiger partial charge in [-0.1, -0.05) is 33.5 Å². The molecule has 9 nitrogen and oxygen atoms in total. The van der Waals surface area contributed by atoms with Crippen LogP contribution < -0.4 is 10.6 Å². The number of hydrogen-bond donors (Lipinski definition) is 2. The van der Waals surface area contributed by atoms with Gasteiger partial charge in [0.1, 0.15) is 11.0 Å². The molecule has 2 atom stereocenters. The molecule has 4 aromatic heterocycles. The highest BCUT2D eigenvalue weighted by molar-refractivity contribution is 7.40. The molecular formula is C41H43N8OP. The van der Waals surface area contributed by atoms with Crippen LogP contribution in [-0.4, -0.2) is 61.4 Å². The van der Waals surface area contributed by atoms with Gasteiger partial charge in [0.2, 0.25) is 0 Å². The number of pyridine rings is 4. The van der Waals surface area contributed by atoms with Crippen molar-refractivity contribution >= 4 is 59.6 Å². The lowest BCUT2D eigenvalue weighted by Gasteiger charge is -2.18. The van der Waals surface area contributed by atoms with Crippen LogP contribution in [0.3, 0.4) is 0 Å².